The number of ether oxygens (including phenoxy) is 1. The van der Waals surface area contributed by atoms with Gasteiger partial charge in [-0.15, -0.1) is 5.10 Å². The van der Waals surface area contributed by atoms with E-state index < -0.39 is 12.7 Å². The van der Waals surface area contributed by atoms with E-state index in [1.807, 2.05) is 30.3 Å². The fourth-order valence-electron chi connectivity index (χ4n) is 2.83. The molecular weight excluding hydrogens is 368 g/mol. The van der Waals surface area contributed by atoms with E-state index in [1.165, 1.54) is 23.1 Å². The minimum atomic E-state index is -2.87. The second kappa shape index (κ2) is 9.03. The standard InChI is InChI=1S/C19H19F2N5O2/c1-25(12-15-7-9-16(10-8-15)28-19(20)21)18(27)17(26-13-22-23-24-26)11-14-5-3-2-4-6-14/h2-10,13,17,19H,11-12H2,1H3/t17-/m0/s1. The number of hydrogen-bond donors (Lipinski definition) is 0. The Hall–Kier alpha value is -3.36. The van der Waals surface area contributed by atoms with Gasteiger partial charge in [-0.3, -0.25) is 4.79 Å². The topological polar surface area (TPSA) is 73.1 Å². The number of amides is 1. The van der Waals surface area contributed by atoms with Crippen LogP contribution < -0.4 is 4.74 Å². The van der Waals surface area contributed by atoms with Crippen LogP contribution in [0.4, 0.5) is 8.78 Å². The van der Waals surface area contributed by atoms with Crippen molar-refractivity contribution >= 4 is 5.91 Å². The molecule has 0 spiro atoms. The quantitative estimate of drug-likeness (QED) is 0.594. The summed E-state index contributed by atoms with van der Waals surface area (Å²) in [5.74, 6) is -0.0903. The van der Waals surface area contributed by atoms with Gasteiger partial charge in [-0.2, -0.15) is 8.78 Å². The van der Waals surface area contributed by atoms with Crippen molar-refractivity contribution in [1.82, 2.24) is 25.1 Å². The number of nitrogens with zero attached hydrogens (tertiary/aromatic N) is 5. The smallest absolute Gasteiger partial charge is 0.387 e. The normalized spacial score (nSPS) is 12.0. The summed E-state index contributed by atoms with van der Waals surface area (Å²) in [7, 11) is 1.67. The molecule has 2 aromatic carbocycles. The highest BCUT2D eigenvalue weighted by atomic mass is 19.3. The molecule has 0 saturated carbocycles. The first-order valence-corrected chi connectivity index (χ1v) is 8.58. The van der Waals surface area contributed by atoms with Crippen molar-refractivity contribution in [1.29, 1.82) is 0 Å². The minimum absolute atomic E-state index is 0.0726. The highest BCUT2D eigenvalue weighted by Crippen LogP contribution is 2.19. The lowest BCUT2D eigenvalue weighted by molar-refractivity contribution is -0.134. The summed E-state index contributed by atoms with van der Waals surface area (Å²) in [6.45, 7) is -2.56. The van der Waals surface area contributed by atoms with Crippen LogP contribution >= 0.6 is 0 Å². The van der Waals surface area contributed by atoms with Crippen molar-refractivity contribution in [2.24, 2.45) is 0 Å². The first kappa shape index (κ1) is 19.4. The largest absolute Gasteiger partial charge is 0.435 e. The number of aromatic nitrogens is 4. The van der Waals surface area contributed by atoms with Crippen LogP contribution in [0.2, 0.25) is 0 Å². The van der Waals surface area contributed by atoms with E-state index in [9.17, 15) is 13.6 Å². The number of halogens is 2. The average molecular weight is 387 g/mol. The lowest BCUT2D eigenvalue weighted by Gasteiger charge is -2.24. The molecule has 0 aliphatic heterocycles. The number of rotatable bonds is 8. The van der Waals surface area contributed by atoms with Gasteiger partial charge in [0.15, 0.2) is 0 Å². The van der Waals surface area contributed by atoms with Crippen LogP contribution in [0.15, 0.2) is 60.9 Å². The van der Waals surface area contributed by atoms with Crippen molar-refractivity contribution in [2.45, 2.75) is 25.6 Å². The molecule has 9 heteroatoms. The molecule has 0 N–H and O–H groups in total. The summed E-state index contributed by atoms with van der Waals surface area (Å²) >= 11 is 0. The number of carbonyl (C=O) groups excluding carboxylic acids is 1. The number of alkyl halides is 2. The van der Waals surface area contributed by atoms with E-state index in [1.54, 1.807) is 24.1 Å². The Morgan fingerprint density at radius 1 is 1.11 bits per heavy atom. The molecular formula is C19H19F2N5O2. The molecule has 0 bridgehead atoms. The third kappa shape index (κ3) is 5.09. The van der Waals surface area contributed by atoms with E-state index >= 15 is 0 Å². The zero-order chi connectivity index (χ0) is 19.9. The van der Waals surface area contributed by atoms with E-state index in [2.05, 4.69) is 20.3 Å². The van der Waals surface area contributed by atoms with Crippen LogP contribution in [0.1, 0.15) is 17.2 Å². The fourth-order valence-corrected chi connectivity index (χ4v) is 2.83. The average Bonchev–Trinajstić information content (AvgIpc) is 3.22. The van der Waals surface area contributed by atoms with Gasteiger partial charge in [0.05, 0.1) is 0 Å². The van der Waals surface area contributed by atoms with Crippen molar-refractivity contribution in [3.63, 3.8) is 0 Å². The van der Waals surface area contributed by atoms with Crippen molar-refractivity contribution < 1.29 is 18.3 Å². The maximum atomic E-state index is 13.0. The molecule has 3 aromatic rings. The van der Waals surface area contributed by atoms with Crippen LogP contribution in [0.25, 0.3) is 0 Å². The number of hydrogen-bond acceptors (Lipinski definition) is 5. The second-order valence-electron chi connectivity index (χ2n) is 6.21. The van der Waals surface area contributed by atoms with E-state index in [0.717, 1.165) is 11.1 Å². The Balaban J connectivity index is 1.71. The van der Waals surface area contributed by atoms with Crippen molar-refractivity contribution in [3.8, 4) is 5.75 Å². The Morgan fingerprint density at radius 3 is 2.43 bits per heavy atom. The maximum Gasteiger partial charge on any atom is 0.387 e. The monoisotopic (exact) mass is 387 g/mol. The molecule has 1 heterocycles. The molecule has 1 amide bonds. The van der Waals surface area contributed by atoms with Gasteiger partial charge in [0.2, 0.25) is 5.91 Å². The summed E-state index contributed by atoms with van der Waals surface area (Å²) in [6, 6.07) is 15.2. The van der Waals surface area contributed by atoms with Crippen LogP contribution in [0.5, 0.6) is 5.75 Å². The summed E-state index contributed by atoms with van der Waals surface area (Å²) in [5, 5.41) is 11.1. The predicted molar refractivity (Wildman–Crippen MR) is 96.5 cm³/mol. The molecule has 28 heavy (non-hydrogen) atoms. The van der Waals surface area contributed by atoms with Crippen LogP contribution in [-0.4, -0.2) is 44.7 Å². The van der Waals surface area contributed by atoms with Gasteiger partial charge in [-0.25, -0.2) is 4.68 Å². The van der Waals surface area contributed by atoms with E-state index in [4.69, 9.17) is 0 Å². The van der Waals surface area contributed by atoms with Gasteiger partial charge in [0.1, 0.15) is 18.1 Å². The van der Waals surface area contributed by atoms with Crippen LogP contribution in [0, 0.1) is 0 Å². The zero-order valence-corrected chi connectivity index (χ0v) is 15.2. The Bertz CT molecular complexity index is 873. The lowest BCUT2D eigenvalue weighted by Crippen LogP contribution is -2.35. The Labute approximate surface area is 160 Å². The molecule has 1 atom stereocenters. The first-order valence-electron chi connectivity index (χ1n) is 8.58. The highest BCUT2D eigenvalue weighted by Gasteiger charge is 2.25. The molecule has 0 aliphatic carbocycles. The fraction of sp³-hybridized carbons (Fsp3) is 0.263. The van der Waals surface area contributed by atoms with Gasteiger partial charge in [0.25, 0.3) is 0 Å². The summed E-state index contributed by atoms with van der Waals surface area (Å²) in [4.78, 5) is 14.6. The highest BCUT2D eigenvalue weighted by molar-refractivity contribution is 5.80. The van der Waals surface area contributed by atoms with Gasteiger partial charge in [-0.1, -0.05) is 42.5 Å². The summed E-state index contributed by atoms with van der Waals surface area (Å²) in [5.41, 5.74) is 1.77. The van der Waals surface area contributed by atoms with E-state index in [0.29, 0.717) is 13.0 Å². The molecule has 146 valence electrons. The third-order valence-corrected chi connectivity index (χ3v) is 4.19. The van der Waals surface area contributed by atoms with Gasteiger partial charge in [-0.05, 0) is 33.7 Å². The van der Waals surface area contributed by atoms with Gasteiger partial charge >= 0.3 is 6.61 Å². The van der Waals surface area contributed by atoms with E-state index in [-0.39, 0.29) is 11.7 Å². The van der Waals surface area contributed by atoms with Gasteiger partial charge in [0, 0.05) is 20.0 Å². The molecule has 3 rings (SSSR count). The van der Waals surface area contributed by atoms with Crippen LogP contribution in [0.3, 0.4) is 0 Å². The second-order valence-corrected chi connectivity index (χ2v) is 6.21. The number of benzene rings is 2. The first-order chi connectivity index (χ1) is 13.5. The van der Waals surface area contributed by atoms with Crippen molar-refractivity contribution in [2.75, 3.05) is 7.05 Å². The maximum absolute atomic E-state index is 13.0. The molecule has 0 unspecified atom stereocenters. The Kier molecular flexibility index (Phi) is 6.25. The number of likely N-dealkylation sites (N-methyl/N-ethyl adjacent to an activating group) is 1. The zero-order valence-electron chi connectivity index (χ0n) is 15.2. The molecule has 0 radical (unpaired) electrons. The lowest BCUT2D eigenvalue weighted by atomic mass is 10.0. The number of tetrazole rings is 1. The SMILES string of the molecule is CN(Cc1ccc(OC(F)F)cc1)C(=O)[C@H](Cc1ccccc1)n1cnnn1. The Morgan fingerprint density at radius 2 is 1.82 bits per heavy atom. The molecule has 0 aliphatic rings. The third-order valence-electron chi connectivity index (χ3n) is 4.19. The summed E-state index contributed by atoms with van der Waals surface area (Å²) < 4.78 is 30.3. The van der Waals surface area contributed by atoms with Crippen LogP contribution in [-0.2, 0) is 17.8 Å². The molecule has 0 saturated heterocycles. The van der Waals surface area contributed by atoms with Crippen molar-refractivity contribution in [3.05, 3.63) is 72.1 Å². The minimum Gasteiger partial charge on any atom is -0.435 e. The molecule has 0 fully saturated rings. The molecule has 7 nitrogen and oxygen atoms in total. The number of carbonyl (C=O) groups is 1. The molecule has 1 aromatic heterocycles. The van der Waals surface area contributed by atoms with Gasteiger partial charge < -0.3 is 9.64 Å². The summed E-state index contributed by atoms with van der Waals surface area (Å²) in [6.07, 6.45) is 1.85. The predicted octanol–water partition coefficient (Wildman–Crippen LogP) is 2.72.